The summed E-state index contributed by atoms with van der Waals surface area (Å²) in [6.45, 7) is 8.96. The number of nitrogens with one attached hydrogen (secondary N) is 1. The van der Waals surface area contributed by atoms with E-state index >= 15 is 0 Å². The summed E-state index contributed by atoms with van der Waals surface area (Å²) in [4.78, 5) is 10.6. The average molecular weight is 423 g/mol. The SMILES string of the molecule is CCNc1cc(Oc2ccc(C(C)(C)C)cc2)ccc1[N+](=O)[O-].CO[P+](=O)OC. The number of nitrogens with zero attached hydrogens (tertiary/aromatic N) is 1. The Morgan fingerprint density at radius 1 is 1.03 bits per heavy atom. The van der Waals surface area contributed by atoms with Gasteiger partial charge in [-0.2, -0.15) is 0 Å². The molecule has 2 rings (SSSR count). The molecule has 158 valence electrons. The van der Waals surface area contributed by atoms with Crippen molar-refractivity contribution in [2.24, 2.45) is 0 Å². The van der Waals surface area contributed by atoms with Crippen molar-refractivity contribution in [1.82, 2.24) is 0 Å². The maximum atomic E-state index is 11.0. The number of nitro benzene ring substituents is 1. The third-order valence-electron chi connectivity index (χ3n) is 3.79. The van der Waals surface area contributed by atoms with Crippen LogP contribution in [0.15, 0.2) is 42.5 Å². The van der Waals surface area contributed by atoms with Crippen LogP contribution in [0.5, 0.6) is 11.5 Å². The van der Waals surface area contributed by atoms with Gasteiger partial charge in [-0.05, 0) is 36.1 Å². The minimum absolute atomic E-state index is 0.0438. The molecule has 1 N–H and O–H groups in total. The van der Waals surface area contributed by atoms with Crippen LogP contribution in [0, 0.1) is 10.1 Å². The maximum absolute atomic E-state index is 11.0. The van der Waals surface area contributed by atoms with Crippen molar-refractivity contribution < 1.29 is 23.3 Å². The molecule has 2 aromatic rings. The number of nitro groups is 1. The van der Waals surface area contributed by atoms with E-state index in [1.165, 1.54) is 25.8 Å². The highest BCUT2D eigenvalue weighted by atomic mass is 31.1. The molecule has 0 heterocycles. The number of hydrogen-bond donors (Lipinski definition) is 1. The van der Waals surface area contributed by atoms with Crippen LogP contribution >= 0.6 is 8.25 Å². The topological polar surface area (TPSA) is 99.9 Å². The van der Waals surface area contributed by atoms with Gasteiger partial charge in [0.15, 0.2) is 0 Å². The Morgan fingerprint density at radius 2 is 1.59 bits per heavy atom. The maximum Gasteiger partial charge on any atom is 0.696 e. The molecule has 0 aliphatic carbocycles. The highest BCUT2D eigenvalue weighted by Crippen LogP contribution is 2.32. The zero-order valence-electron chi connectivity index (χ0n) is 17.6. The first-order valence-electron chi connectivity index (χ1n) is 8.98. The molecule has 0 spiro atoms. The van der Waals surface area contributed by atoms with Gasteiger partial charge in [0.1, 0.15) is 17.2 Å². The average Bonchev–Trinajstić information content (AvgIpc) is 2.68. The Balaban J connectivity index is 0.000000612. The fraction of sp³-hybridized carbons (Fsp3) is 0.400. The summed E-state index contributed by atoms with van der Waals surface area (Å²) in [5.74, 6) is 1.27. The molecule has 0 radical (unpaired) electrons. The molecule has 0 unspecified atom stereocenters. The van der Waals surface area contributed by atoms with Crippen LogP contribution in [0.25, 0.3) is 0 Å². The van der Waals surface area contributed by atoms with Crippen LogP contribution in [0.3, 0.4) is 0 Å². The van der Waals surface area contributed by atoms with Crippen LogP contribution in [-0.2, 0) is 19.0 Å². The third kappa shape index (κ3) is 8.15. The van der Waals surface area contributed by atoms with Crippen LogP contribution in [0.1, 0.15) is 33.3 Å². The molecular formula is C20H28N2O6P+. The van der Waals surface area contributed by atoms with Crippen molar-refractivity contribution in [2.75, 3.05) is 26.1 Å². The quantitative estimate of drug-likeness (QED) is 0.328. The van der Waals surface area contributed by atoms with Gasteiger partial charge >= 0.3 is 8.25 Å². The zero-order valence-corrected chi connectivity index (χ0v) is 18.5. The van der Waals surface area contributed by atoms with Gasteiger partial charge in [-0.25, -0.2) is 0 Å². The summed E-state index contributed by atoms with van der Waals surface area (Å²) < 4.78 is 24.1. The predicted molar refractivity (Wildman–Crippen MR) is 114 cm³/mol. The zero-order chi connectivity index (χ0) is 22.0. The molecule has 0 aliphatic rings. The fourth-order valence-corrected chi connectivity index (χ4v) is 2.45. The molecule has 0 aromatic heterocycles. The summed E-state index contributed by atoms with van der Waals surface area (Å²) in [5.41, 5.74) is 1.81. The first-order chi connectivity index (χ1) is 13.6. The second kappa shape index (κ2) is 11.5. The monoisotopic (exact) mass is 423 g/mol. The summed E-state index contributed by atoms with van der Waals surface area (Å²) in [5, 5.41) is 14.0. The molecule has 0 fully saturated rings. The Hall–Kier alpha value is -2.54. The lowest BCUT2D eigenvalue weighted by atomic mass is 9.87. The second-order valence-electron chi connectivity index (χ2n) is 6.93. The molecule has 0 saturated heterocycles. The molecule has 0 saturated carbocycles. The number of benzene rings is 2. The van der Waals surface area contributed by atoms with E-state index in [1.54, 1.807) is 12.1 Å². The van der Waals surface area contributed by atoms with Crippen LogP contribution < -0.4 is 10.1 Å². The number of anilines is 1. The summed E-state index contributed by atoms with van der Waals surface area (Å²) >= 11 is 0. The van der Waals surface area contributed by atoms with E-state index < -0.39 is 13.2 Å². The lowest BCUT2D eigenvalue weighted by Gasteiger charge is -2.19. The van der Waals surface area contributed by atoms with Gasteiger partial charge in [-0.3, -0.25) is 10.1 Å². The summed E-state index contributed by atoms with van der Waals surface area (Å²) in [7, 11) is 0.817. The van der Waals surface area contributed by atoms with Gasteiger partial charge in [0.2, 0.25) is 0 Å². The van der Waals surface area contributed by atoms with Gasteiger partial charge < -0.3 is 10.1 Å². The minimum atomic E-state index is -1.83. The standard InChI is InChI=1S/C18H22N2O3.C2H6O3P/c1-5-19-16-12-15(10-11-17(16)20(21)22)23-14-8-6-13(7-9-14)18(2,3)4;1-4-6(3)5-2/h6-12,19H,5H2,1-4H3;1-2H3/q;+1. The van der Waals surface area contributed by atoms with E-state index in [0.717, 1.165) is 0 Å². The molecule has 2 aromatic carbocycles. The Morgan fingerprint density at radius 3 is 2.00 bits per heavy atom. The molecule has 0 aliphatic heterocycles. The lowest BCUT2D eigenvalue weighted by Crippen LogP contribution is -2.10. The van der Waals surface area contributed by atoms with Gasteiger partial charge in [-0.1, -0.05) is 32.9 Å². The molecule has 0 bridgehead atoms. The molecular weight excluding hydrogens is 395 g/mol. The number of rotatable bonds is 7. The Kier molecular flexibility index (Phi) is 9.68. The normalized spacial score (nSPS) is 10.6. The number of hydrogen-bond acceptors (Lipinski definition) is 7. The molecule has 0 atom stereocenters. The molecule has 0 amide bonds. The van der Waals surface area contributed by atoms with E-state index in [2.05, 4.69) is 35.1 Å². The van der Waals surface area contributed by atoms with Crippen molar-refractivity contribution in [3.63, 3.8) is 0 Å². The van der Waals surface area contributed by atoms with Crippen molar-refractivity contribution in [3.05, 3.63) is 58.1 Å². The van der Waals surface area contributed by atoms with Gasteiger partial charge in [0, 0.05) is 23.2 Å². The second-order valence-corrected chi connectivity index (χ2v) is 8.11. The van der Waals surface area contributed by atoms with Crippen LogP contribution in [0.2, 0.25) is 0 Å². The van der Waals surface area contributed by atoms with E-state index in [4.69, 9.17) is 4.74 Å². The predicted octanol–water partition coefficient (Wildman–Crippen LogP) is 6.05. The fourth-order valence-electron chi connectivity index (χ4n) is 2.30. The van der Waals surface area contributed by atoms with E-state index in [0.29, 0.717) is 23.7 Å². The minimum Gasteiger partial charge on any atom is -0.457 e. The van der Waals surface area contributed by atoms with Crippen LogP contribution in [0.4, 0.5) is 11.4 Å². The summed E-state index contributed by atoms with van der Waals surface area (Å²) in [6.07, 6.45) is 0. The molecule has 9 heteroatoms. The van der Waals surface area contributed by atoms with Crippen molar-refractivity contribution >= 4 is 19.6 Å². The molecule has 29 heavy (non-hydrogen) atoms. The lowest BCUT2D eigenvalue weighted by molar-refractivity contribution is -0.384. The van der Waals surface area contributed by atoms with Crippen LogP contribution in [-0.4, -0.2) is 25.7 Å². The van der Waals surface area contributed by atoms with Gasteiger partial charge in [0.25, 0.3) is 5.69 Å². The van der Waals surface area contributed by atoms with Crippen molar-refractivity contribution in [3.8, 4) is 11.5 Å². The van der Waals surface area contributed by atoms with Gasteiger partial charge in [-0.15, -0.1) is 9.05 Å². The first kappa shape index (κ1) is 24.5. The highest BCUT2D eigenvalue weighted by Gasteiger charge is 2.15. The number of ether oxygens (including phenoxy) is 1. The van der Waals surface area contributed by atoms with Crippen molar-refractivity contribution in [2.45, 2.75) is 33.1 Å². The third-order valence-corrected chi connectivity index (χ3v) is 4.38. The first-order valence-corrected chi connectivity index (χ1v) is 10.1. The Labute approximate surface area is 172 Å². The van der Waals surface area contributed by atoms with E-state index in [-0.39, 0.29) is 11.1 Å². The largest absolute Gasteiger partial charge is 0.696 e. The van der Waals surface area contributed by atoms with E-state index in [1.807, 2.05) is 31.2 Å². The Bertz CT molecular complexity index is 813. The van der Waals surface area contributed by atoms with E-state index in [9.17, 15) is 14.7 Å². The molecule has 8 nitrogen and oxygen atoms in total. The van der Waals surface area contributed by atoms with Gasteiger partial charge in [0.05, 0.1) is 19.1 Å². The highest BCUT2D eigenvalue weighted by molar-refractivity contribution is 7.33. The van der Waals surface area contributed by atoms with Crippen molar-refractivity contribution in [1.29, 1.82) is 0 Å². The summed E-state index contributed by atoms with van der Waals surface area (Å²) in [6, 6.07) is 12.6. The smallest absolute Gasteiger partial charge is 0.457 e.